The van der Waals surface area contributed by atoms with Gasteiger partial charge in [0.2, 0.25) is 5.89 Å². The maximum Gasteiger partial charge on any atom is 0.226 e. The maximum atomic E-state index is 5.32. The largest absolute Gasteiger partial charge is 0.339 e. The van der Waals surface area contributed by atoms with Crippen LogP contribution in [0.5, 0.6) is 0 Å². The molecule has 1 aromatic heterocycles. The van der Waals surface area contributed by atoms with E-state index < -0.39 is 0 Å². The predicted octanol–water partition coefficient (Wildman–Crippen LogP) is 1.62. The van der Waals surface area contributed by atoms with Crippen LogP contribution in [0.3, 0.4) is 0 Å². The number of piperazine rings is 1. The second kappa shape index (κ2) is 6.29. The van der Waals surface area contributed by atoms with Crippen molar-refractivity contribution in [1.29, 1.82) is 0 Å². The summed E-state index contributed by atoms with van der Waals surface area (Å²) < 4.78 is 5.32. The summed E-state index contributed by atoms with van der Waals surface area (Å²) in [5.74, 6) is 2.28. The predicted molar refractivity (Wildman–Crippen MR) is 70.3 cm³/mol. The molecular formula is C13H24N4O. The Kier molecular flexibility index (Phi) is 4.72. The lowest BCUT2D eigenvalue weighted by Crippen LogP contribution is -2.44. The third-order valence-corrected chi connectivity index (χ3v) is 3.49. The van der Waals surface area contributed by atoms with Crippen LogP contribution in [0.25, 0.3) is 0 Å². The molecule has 0 amide bonds. The fourth-order valence-electron chi connectivity index (χ4n) is 2.18. The van der Waals surface area contributed by atoms with Crippen molar-refractivity contribution >= 4 is 0 Å². The second-order valence-electron chi connectivity index (χ2n) is 5.44. The first kappa shape index (κ1) is 13.5. The topological polar surface area (TPSA) is 54.2 Å². The lowest BCUT2D eigenvalue weighted by molar-refractivity contribution is 0.176. The zero-order chi connectivity index (χ0) is 13.0. The van der Waals surface area contributed by atoms with E-state index >= 15 is 0 Å². The zero-order valence-corrected chi connectivity index (χ0v) is 11.6. The minimum Gasteiger partial charge on any atom is -0.339 e. The minimum atomic E-state index is 0.253. The van der Waals surface area contributed by atoms with Crippen molar-refractivity contribution in [1.82, 2.24) is 20.4 Å². The molecule has 1 aliphatic heterocycles. The molecule has 1 aromatic rings. The van der Waals surface area contributed by atoms with Gasteiger partial charge < -0.3 is 9.84 Å². The summed E-state index contributed by atoms with van der Waals surface area (Å²) in [4.78, 5) is 6.91. The monoisotopic (exact) mass is 252 g/mol. The standard InChI is InChI=1S/C13H24N4O/c1-10(2)4-5-12-15-13(16-18-12)11(3)17-8-6-14-7-9-17/h10-11,14H,4-9H2,1-3H3. The summed E-state index contributed by atoms with van der Waals surface area (Å²) in [7, 11) is 0. The second-order valence-corrected chi connectivity index (χ2v) is 5.44. The Balaban J connectivity index is 1.91. The van der Waals surface area contributed by atoms with Crippen molar-refractivity contribution < 1.29 is 4.52 Å². The lowest BCUT2D eigenvalue weighted by Gasteiger charge is -2.30. The van der Waals surface area contributed by atoms with Gasteiger partial charge in [0.25, 0.3) is 0 Å². The van der Waals surface area contributed by atoms with Crippen LogP contribution in [-0.2, 0) is 6.42 Å². The van der Waals surface area contributed by atoms with Crippen LogP contribution in [0.15, 0.2) is 4.52 Å². The van der Waals surface area contributed by atoms with Gasteiger partial charge in [0.05, 0.1) is 6.04 Å². The highest BCUT2D eigenvalue weighted by Crippen LogP contribution is 2.18. The van der Waals surface area contributed by atoms with Crippen molar-refractivity contribution in [3.63, 3.8) is 0 Å². The van der Waals surface area contributed by atoms with Crippen LogP contribution >= 0.6 is 0 Å². The number of rotatable bonds is 5. The van der Waals surface area contributed by atoms with Crippen molar-refractivity contribution in [2.24, 2.45) is 5.92 Å². The summed E-state index contributed by atoms with van der Waals surface area (Å²) in [6.45, 7) is 10.8. The molecule has 0 bridgehead atoms. The summed E-state index contributed by atoms with van der Waals surface area (Å²) in [6.07, 6.45) is 1.99. The van der Waals surface area contributed by atoms with Crippen molar-refractivity contribution in [3.8, 4) is 0 Å². The summed E-state index contributed by atoms with van der Waals surface area (Å²) in [5.41, 5.74) is 0. The van der Waals surface area contributed by atoms with Gasteiger partial charge in [-0.25, -0.2) is 0 Å². The van der Waals surface area contributed by atoms with Gasteiger partial charge in [-0.05, 0) is 19.3 Å². The summed E-state index contributed by atoms with van der Waals surface area (Å²) >= 11 is 0. The van der Waals surface area contributed by atoms with Gasteiger partial charge in [0.1, 0.15) is 0 Å². The fourth-order valence-corrected chi connectivity index (χ4v) is 2.18. The molecule has 5 nitrogen and oxygen atoms in total. The van der Waals surface area contributed by atoms with E-state index in [2.05, 4.69) is 41.1 Å². The van der Waals surface area contributed by atoms with Crippen LogP contribution < -0.4 is 5.32 Å². The lowest BCUT2D eigenvalue weighted by atomic mass is 10.1. The number of nitrogens with zero attached hydrogens (tertiary/aromatic N) is 3. The van der Waals surface area contributed by atoms with Gasteiger partial charge in [-0.3, -0.25) is 4.90 Å². The molecule has 5 heteroatoms. The molecule has 1 atom stereocenters. The molecule has 0 radical (unpaired) electrons. The molecule has 2 rings (SSSR count). The van der Waals surface area contributed by atoms with E-state index in [1.54, 1.807) is 0 Å². The Hall–Kier alpha value is -0.940. The van der Waals surface area contributed by atoms with Crippen molar-refractivity contribution in [3.05, 3.63) is 11.7 Å². The summed E-state index contributed by atoms with van der Waals surface area (Å²) in [5, 5.41) is 7.47. The zero-order valence-electron chi connectivity index (χ0n) is 11.6. The minimum absolute atomic E-state index is 0.253. The van der Waals surface area contributed by atoms with E-state index in [0.717, 1.165) is 50.7 Å². The fraction of sp³-hybridized carbons (Fsp3) is 0.846. The Morgan fingerprint density at radius 3 is 2.67 bits per heavy atom. The normalized spacial score (nSPS) is 19.3. The number of nitrogens with one attached hydrogen (secondary N) is 1. The molecule has 102 valence electrons. The van der Waals surface area contributed by atoms with E-state index in [1.807, 2.05) is 0 Å². The quantitative estimate of drug-likeness (QED) is 0.863. The van der Waals surface area contributed by atoms with Gasteiger partial charge in [-0.1, -0.05) is 19.0 Å². The molecule has 18 heavy (non-hydrogen) atoms. The maximum absolute atomic E-state index is 5.32. The Morgan fingerprint density at radius 1 is 1.28 bits per heavy atom. The molecule has 1 aliphatic rings. The molecule has 0 aromatic carbocycles. The molecule has 2 heterocycles. The van der Waals surface area contributed by atoms with E-state index in [4.69, 9.17) is 4.52 Å². The first-order chi connectivity index (χ1) is 8.66. The van der Waals surface area contributed by atoms with Gasteiger partial charge in [-0.15, -0.1) is 0 Å². The van der Waals surface area contributed by atoms with Gasteiger partial charge in [-0.2, -0.15) is 4.98 Å². The number of hydrogen-bond donors (Lipinski definition) is 1. The highest BCUT2D eigenvalue weighted by Gasteiger charge is 2.22. The molecule has 1 saturated heterocycles. The molecule has 1 N–H and O–H groups in total. The van der Waals surface area contributed by atoms with E-state index in [1.165, 1.54) is 0 Å². The van der Waals surface area contributed by atoms with E-state index in [-0.39, 0.29) is 6.04 Å². The van der Waals surface area contributed by atoms with Crippen LogP contribution in [0, 0.1) is 5.92 Å². The van der Waals surface area contributed by atoms with Crippen LogP contribution in [0.1, 0.15) is 44.9 Å². The smallest absolute Gasteiger partial charge is 0.226 e. The highest BCUT2D eigenvalue weighted by atomic mass is 16.5. The Labute approximate surface area is 109 Å². The third-order valence-electron chi connectivity index (χ3n) is 3.49. The van der Waals surface area contributed by atoms with E-state index in [9.17, 15) is 0 Å². The Morgan fingerprint density at radius 2 is 2.00 bits per heavy atom. The van der Waals surface area contributed by atoms with Crippen LogP contribution in [0.2, 0.25) is 0 Å². The van der Waals surface area contributed by atoms with Gasteiger partial charge in [0.15, 0.2) is 5.82 Å². The number of hydrogen-bond acceptors (Lipinski definition) is 5. The molecule has 1 fully saturated rings. The van der Waals surface area contributed by atoms with Crippen molar-refractivity contribution in [2.75, 3.05) is 26.2 Å². The average molecular weight is 252 g/mol. The highest BCUT2D eigenvalue weighted by molar-refractivity contribution is 4.94. The molecule has 0 spiro atoms. The molecule has 0 aliphatic carbocycles. The first-order valence-electron chi connectivity index (χ1n) is 6.94. The van der Waals surface area contributed by atoms with Crippen molar-refractivity contribution in [2.45, 2.75) is 39.7 Å². The average Bonchev–Trinajstić information content (AvgIpc) is 2.85. The van der Waals surface area contributed by atoms with E-state index in [0.29, 0.717) is 5.92 Å². The first-order valence-corrected chi connectivity index (χ1v) is 6.94. The van der Waals surface area contributed by atoms with Gasteiger partial charge >= 0.3 is 0 Å². The SMILES string of the molecule is CC(C)CCc1nc(C(C)N2CCNCC2)no1. The molecule has 1 unspecified atom stereocenters. The number of aryl methyl sites for hydroxylation is 1. The van der Waals surface area contributed by atoms with Crippen LogP contribution in [-0.4, -0.2) is 41.2 Å². The molecule has 0 saturated carbocycles. The Bertz CT molecular complexity index is 358. The summed E-state index contributed by atoms with van der Waals surface area (Å²) in [6, 6.07) is 0.253. The third kappa shape index (κ3) is 3.53. The van der Waals surface area contributed by atoms with Gasteiger partial charge in [0, 0.05) is 32.6 Å². The number of aromatic nitrogens is 2. The van der Waals surface area contributed by atoms with Crippen LogP contribution in [0.4, 0.5) is 0 Å². The molecular weight excluding hydrogens is 228 g/mol.